The molecule has 0 bridgehead atoms. The number of aromatic hydroxyl groups is 1. The average molecular weight is 300 g/mol. The van der Waals surface area contributed by atoms with E-state index in [-0.39, 0.29) is 32.8 Å². The van der Waals surface area contributed by atoms with E-state index < -0.39 is 22.6 Å². The van der Waals surface area contributed by atoms with Crippen LogP contribution in [0.3, 0.4) is 0 Å². The van der Waals surface area contributed by atoms with Crippen LogP contribution in [0.15, 0.2) is 27.8 Å². The summed E-state index contributed by atoms with van der Waals surface area (Å²) in [7, 11) is 0. The van der Waals surface area contributed by atoms with Crippen molar-refractivity contribution < 1.29 is 20.1 Å². The van der Waals surface area contributed by atoms with Crippen LogP contribution in [0.2, 0.25) is 0 Å². The molecule has 0 aliphatic heterocycles. The molecule has 0 fully saturated rings. The van der Waals surface area contributed by atoms with Crippen molar-refractivity contribution in [3.63, 3.8) is 0 Å². The van der Waals surface area contributed by atoms with Crippen LogP contribution >= 0.6 is 0 Å². The highest BCUT2D eigenvalue weighted by Crippen LogP contribution is 2.15. The molecular weight excluding hydrogens is 292 g/mol. The van der Waals surface area contributed by atoms with Gasteiger partial charge in [-0.3, -0.25) is 9.59 Å². The van der Waals surface area contributed by atoms with Gasteiger partial charge in [0.15, 0.2) is 0 Å². The third-order valence-corrected chi connectivity index (χ3v) is 3.26. The van der Waals surface area contributed by atoms with Gasteiger partial charge in [-0.15, -0.1) is 0 Å². The monoisotopic (exact) mass is 300 g/mol. The van der Waals surface area contributed by atoms with Crippen molar-refractivity contribution in [1.82, 2.24) is 9.97 Å². The standard InChI is InChI=1S/C14H8N2O6/c17-4-6-8(19)3-9(20)13-11(6)16-12-7(18)2-1-5(14(21)22)10(12)15-13/h1-4,15,17,19H,(H,21,22). The predicted octanol–water partition coefficient (Wildman–Crippen LogP) is -0.145. The van der Waals surface area contributed by atoms with Crippen molar-refractivity contribution in [2.45, 2.75) is 0 Å². The molecule has 22 heavy (non-hydrogen) atoms. The van der Waals surface area contributed by atoms with Gasteiger partial charge in [-0.1, -0.05) is 0 Å². The topological polar surface area (TPSA) is 141 Å². The number of H-pyrrole nitrogens is 1. The number of aromatic carboxylic acids is 1. The van der Waals surface area contributed by atoms with E-state index in [1.54, 1.807) is 0 Å². The number of aliphatic hydroxyl groups is 1. The Labute approximate surface area is 120 Å². The van der Waals surface area contributed by atoms with Crippen LogP contribution < -0.4 is 16.1 Å². The summed E-state index contributed by atoms with van der Waals surface area (Å²) in [4.78, 5) is 41.5. The summed E-state index contributed by atoms with van der Waals surface area (Å²) in [6.45, 7) is 0. The summed E-state index contributed by atoms with van der Waals surface area (Å²) < 4.78 is 0. The molecule has 110 valence electrons. The number of rotatable bonds is 1. The van der Waals surface area contributed by atoms with Crippen LogP contribution in [0.25, 0.3) is 28.3 Å². The molecule has 0 atom stereocenters. The van der Waals surface area contributed by atoms with Crippen molar-refractivity contribution >= 4 is 34.3 Å². The fourth-order valence-corrected chi connectivity index (χ4v) is 2.24. The first-order chi connectivity index (χ1) is 10.4. The van der Waals surface area contributed by atoms with Gasteiger partial charge in [0.1, 0.15) is 22.3 Å². The number of aromatic nitrogens is 2. The maximum Gasteiger partial charge on any atom is 0.337 e. The van der Waals surface area contributed by atoms with Crippen molar-refractivity contribution in [3.05, 3.63) is 49.4 Å². The lowest BCUT2D eigenvalue weighted by atomic mass is 10.1. The zero-order chi connectivity index (χ0) is 16.0. The maximum atomic E-state index is 11.9. The second-order valence-corrected chi connectivity index (χ2v) is 4.54. The number of benzene rings is 2. The van der Waals surface area contributed by atoms with Crippen LogP contribution in [0.1, 0.15) is 10.4 Å². The summed E-state index contributed by atoms with van der Waals surface area (Å²) in [5.74, 6) is -1.79. The normalized spacial score (nSPS) is 12.1. The summed E-state index contributed by atoms with van der Waals surface area (Å²) in [5.41, 5.74) is -1.98. The first-order valence-corrected chi connectivity index (χ1v) is 6.04. The molecule has 0 aliphatic carbocycles. The number of nitrogens with one attached hydrogen (secondary N) is 1. The van der Waals surface area contributed by atoms with Crippen LogP contribution in [0, 0.1) is 0 Å². The number of carboxylic acids is 1. The lowest BCUT2D eigenvalue weighted by molar-refractivity contribution is 0.0699. The van der Waals surface area contributed by atoms with E-state index >= 15 is 0 Å². The SMILES string of the molecule is O=C(O)c1ccc(=O)c2nc3c(=CO)c(O)cc(=O)c3[nH]c12. The summed E-state index contributed by atoms with van der Waals surface area (Å²) in [6.07, 6.45) is 0.551. The Morgan fingerprint density at radius 3 is 2.50 bits per heavy atom. The number of phenols is 1. The molecule has 0 aliphatic rings. The minimum Gasteiger partial charge on any atom is -0.515 e. The van der Waals surface area contributed by atoms with E-state index in [0.717, 1.165) is 18.2 Å². The number of hydrogen-bond donors (Lipinski definition) is 4. The van der Waals surface area contributed by atoms with E-state index in [9.17, 15) is 24.6 Å². The smallest absolute Gasteiger partial charge is 0.337 e. The molecule has 2 aromatic carbocycles. The van der Waals surface area contributed by atoms with Crippen molar-refractivity contribution in [3.8, 4) is 5.75 Å². The Morgan fingerprint density at radius 1 is 1.14 bits per heavy atom. The molecule has 0 radical (unpaired) electrons. The molecule has 1 heterocycles. The Hall–Kier alpha value is -3.42. The van der Waals surface area contributed by atoms with Gasteiger partial charge in [0.25, 0.3) is 0 Å². The Kier molecular flexibility index (Phi) is 2.81. The van der Waals surface area contributed by atoms with E-state index in [4.69, 9.17) is 5.11 Å². The first-order valence-electron chi connectivity index (χ1n) is 6.04. The highest BCUT2D eigenvalue weighted by molar-refractivity contribution is 6.02. The van der Waals surface area contributed by atoms with Gasteiger partial charge in [-0.25, -0.2) is 9.78 Å². The number of nitrogens with zero attached hydrogens (tertiary/aromatic N) is 1. The number of aliphatic hydroxyl groups excluding tert-OH is 1. The van der Waals surface area contributed by atoms with Crippen LogP contribution in [-0.2, 0) is 0 Å². The van der Waals surface area contributed by atoms with Gasteiger partial charge < -0.3 is 20.3 Å². The van der Waals surface area contributed by atoms with Crippen LogP contribution in [-0.4, -0.2) is 31.3 Å². The average Bonchev–Trinajstić information content (AvgIpc) is 2.46. The van der Waals surface area contributed by atoms with Crippen LogP contribution in [0.5, 0.6) is 5.75 Å². The molecule has 3 aromatic rings. The number of phenolic OH excluding ortho intramolecular Hbond substituents is 1. The van der Waals surface area contributed by atoms with Gasteiger partial charge in [-0.05, 0) is 12.1 Å². The Balaban J connectivity index is 2.69. The van der Waals surface area contributed by atoms with E-state index in [1.165, 1.54) is 0 Å². The summed E-state index contributed by atoms with van der Waals surface area (Å²) in [6, 6.07) is 3.01. The zero-order valence-electron chi connectivity index (χ0n) is 10.8. The number of aromatic amines is 1. The fourth-order valence-electron chi connectivity index (χ4n) is 2.24. The van der Waals surface area contributed by atoms with Crippen molar-refractivity contribution in [2.75, 3.05) is 0 Å². The van der Waals surface area contributed by atoms with Gasteiger partial charge in [0.05, 0.1) is 22.6 Å². The number of fused-ring (bicyclic) bond motifs is 2. The third kappa shape index (κ3) is 1.78. The van der Waals surface area contributed by atoms with E-state index in [2.05, 4.69) is 9.97 Å². The van der Waals surface area contributed by atoms with Gasteiger partial charge in [0, 0.05) is 6.07 Å². The van der Waals surface area contributed by atoms with Gasteiger partial charge in [0.2, 0.25) is 10.9 Å². The van der Waals surface area contributed by atoms with E-state index in [1.807, 2.05) is 0 Å². The largest absolute Gasteiger partial charge is 0.515 e. The molecule has 0 spiro atoms. The maximum absolute atomic E-state index is 11.9. The Morgan fingerprint density at radius 2 is 1.86 bits per heavy atom. The molecular formula is C14H8N2O6. The van der Waals surface area contributed by atoms with Crippen molar-refractivity contribution in [2.24, 2.45) is 0 Å². The second-order valence-electron chi connectivity index (χ2n) is 4.54. The summed E-state index contributed by atoms with van der Waals surface area (Å²) >= 11 is 0. The molecule has 8 nitrogen and oxygen atoms in total. The fraction of sp³-hybridized carbons (Fsp3) is 0. The molecule has 1 aromatic heterocycles. The summed E-state index contributed by atoms with van der Waals surface area (Å²) in [5, 5.41) is 27.8. The van der Waals surface area contributed by atoms with Crippen LogP contribution in [0.4, 0.5) is 0 Å². The molecule has 8 heteroatoms. The minimum absolute atomic E-state index is 0.0980. The van der Waals surface area contributed by atoms with Gasteiger partial charge in [-0.2, -0.15) is 0 Å². The number of hydrogen-bond acceptors (Lipinski definition) is 6. The molecule has 0 saturated heterocycles. The van der Waals surface area contributed by atoms with Gasteiger partial charge >= 0.3 is 5.97 Å². The number of carbonyl (C=O) groups is 1. The first kappa shape index (κ1) is 13.6. The zero-order valence-corrected chi connectivity index (χ0v) is 10.8. The predicted molar refractivity (Wildman–Crippen MR) is 77.1 cm³/mol. The molecule has 0 unspecified atom stereocenters. The quantitative estimate of drug-likeness (QED) is 0.458. The minimum atomic E-state index is -1.29. The van der Waals surface area contributed by atoms with E-state index in [0.29, 0.717) is 6.26 Å². The molecule has 4 N–H and O–H groups in total. The number of carboxylic acid groups (broad SMARTS) is 1. The highest BCUT2D eigenvalue weighted by atomic mass is 16.4. The second kappa shape index (κ2) is 4.55. The lowest BCUT2D eigenvalue weighted by Crippen LogP contribution is -2.17. The molecule has 3 rings (SSSR count). The third-order valence-electron chi connectivity index (χ3n) is 3.26. The Bertz CT molecular complexity index is 1120. The molecule has 0 saturated carbocycles. The lowest BCUT2D eigenvalue weighted by Gasteiger charge is -2.05. The highest BCUT2D eigenvalue weighted by Gasteiger charge is 2.15. The molecule has 0 amide bonds. The van der Waals surface area contributed by atoms with Crippen molar-refractivity contribution in [1.29, 1.82) is 0 Å².